The average Bonchev–Trinajstić information content (AvgIpc) is 2.60. The summed E-state index contributed by atoms with van der Waals surface area (Å²) < 4.78 is 0.811. The maximum atomic E-state index is 12.5. The minimum absolute atomic E-state index is 0.469. The van der Waals surface area contributed by atoms with E-state index in [-0.39, 0.29) is 0 Å². The van der Waals surface area contributed by atoms with E-state index in [1.54, 1.807) is 0 Å². The molecule has 10 nitrogen and oxygen atoms in total. The molecule has 29 heavy (non-hydrogen) atoms. The van der Waals surface area contributed by atoms with E-state index < -0.39 is 48.0 Å². The molecule has 0 aliphatic heterocycles. The second-order valence-electron chi connectivity index (χ2n) is 8.51. The van der Waals surface area contributed by atoms with Gasteiger partial charge in [0.1, 0.15) is 18.4 Å². The van der Waals surface area contributed by atoms with Crippen LogP contribution in [0.2, 0.25) is 0 Å². The lowest BCUT2D eigenvalue weighted by Gasteiger charge is -2.25. The van der Waals surface area contributed by atoms with Gasteiger partial charge in [0.25, 0.3) is 0 Å². The summed E-state index contributed by atoms with van der Waals surface area (Å²) in [5, 5.41) is 17.3. The monoisotopic (exact) mass is 416 g/mol. The van der Waals surface area contributed by atoms with E-state index in [0.29, 0.717) is 12.7 Å². The highest BCUT2D eigenvalue weighted by Crippen LogP contribution is 2.04. The Morgan fingerprint density at radius 3 is 2.00 bits per heavy atom. The molecular formula is C19H38N5O5+. The average molecular weight is 417 g/mol. The fourth-order valence-corrected chi connectivity index (χ4v) is 2.49. The van der Waals surface area contributed by atoms with Gasteiger partial charge in [-0.2, -0.15) is 0 Å². The van der Waals surface area contributed by atoms with Gasteiger partial charge in [0, 0.05) is 0 Å². The third kappa shape index (κ3) is 11.5. The van der Waals surface area contributed by atoms with Gasteiger partial charge in [-0.3, -0.25) is 14.4 Å². The third-order valence-corrected chi connectivity index (χ3v) is 4.31. The number of hydrogen-bond donors (Lipinski definition) is 5. The predicted octanol–water partition coefficient (Wildman–Crippen LogP) is -1.74. The van der Waals surface area contributed by atoms with Crippen molar-refractivity contribution in [2.24, 2.45) is 5.73 Å². The van der Waals surface area contributed by atoms with E-state index in [4.69, 9.17) is 5.73 Å². The molecule has 0 radical (unpaired) electrons. The van der Waals surface area contributed by atoms with Crippen molar-refractivity contribution in [3.8, 4) is 0 Å². The summed E-state index contributed by atoms with van der Waals surface area (Å²) in [6.07, 6.45) is 1.58. The van der Waals surface area contributed by atoms with Crippen LogP contribution < -0.4 is 21.7 Å². The fraction of sp³-hybridized carbons (Fsp3) is 0.789. The molecule has 0 saturated heterocycles. The molecule has 0 saturated carbocycles. The maximum Gasteiger partial charge on any atom is 0.245 e. The molecule has 5 atom stereocenters. The number of aldehydes is 1. The molecule has 0 spiro atoms. The van der Waals surface area contributed by atoms with Crippen LogP contribution in [0.15, 0.2) is 0 Å². The van der Waals surface area contributed by atoms with E-state index in [1.807, 2.05) is 0 Å². The number of hydrogen-bond acceptors (Lipinski definition) is 6. The van der Waals surface area contributed by atoms with Crippen molar-refractivity contribution in [3.63, 3.8) is 0 Å². The molecule has 6 N–H and O–H groups in total. The molecule has 3 amide bonds. The van der Waals surface area contributed by atoms with Crippen LogP contribution in [0.5, 0.6) is 0 Å². The molecule has 0 heterocycles. The maximum absolute atomic E-state index is 12.5. The fourth-order valence-electron chi connectivity index (χ4n) is 2.49. The number of unbranched alkanes of at least 4 members (excludes halogenated alkanes) is 1. The van der Waals surface area contributed by atoms with Crippen LogP contribution >= 0.6 is 0 Å². The zero-order valence-electron chi connectivity index (χ0n) is 18.4. The number of amides is 3. The Hall–Kier alpha value is -2.04. The molecule has 0 aromatic rings. The van der Waals surface area contributed by atoms with Gasteiger partial charge in [0.05, 0.1) is 45.9 Å². The van der Waals surface area contributed by atoms with Crippen molar-refractivity contribution >= 4 is 24.0 Å². The van der Waals surface area contributed by atoms with Crippen LogP contribution in [0.1, 0.15) is 40.0 Å². The third-order valence-electron chi connectivity index (χ3n) is 4.31. The Labute approximate surface area is 173 Å². The van der Waals surface area contributed by atoms with Gasteiger partial charge in [-0.15, -0.1) is 0 Å². The Balaban J connectivity index is 4.76. The van der Waals surface area contributed by atoms with E-state index in [9.17, 15) is 24.3 Å². The number of aliphatic hydroxyl groups is 1. The number of quaternary nitrogens is 1. The lowest BCUT2D eigenvalue weighted by atomic mass is 10.1. The van der Waals surface area contributed by atoms with Gasteiger partial charge in [0.2, 0.25) is 17.7 Å². The second-order valence-corrected chi connectivity index (χ2v) is 8.51. The molecule has 0 aromatic heterocycles. The van der Waals surface area contributed by atoms with Crippen molar-refractivity contribution in [2.45, 2.75) is 70.3 Å². The number of nitrogens with one attached hydrogen (secondary N) is 3. The molecule has 0 aliphatic rings. The van der Waals surface area contributed by atoms with Gasteiger partial charge in [-0.1, -0.05) is 0 Å². The first-order valence-corrected chi connectivity index (χ1v) is 9.89. The van der Waals surface area contributed by atoms with Crippen LogP contribution in [0.3, 0.4) is 0 Å². The molecule has 0 rings (SSSR count). The molecule has 168 valence electrons. The van der Waals surface area contributed by atoms with Crippen LogP contribution in [0.25, 0.3) is 0 Å². The molecule has 0 aliphatic carbocycles. The summed E-state index contributed by atoms with van der Waals surface area (Å²) in [4.78, 5) is 47.6. The van der Waals surface area contributed by atoms with Crippen LogP contribution in [0, 0.1) is 0 Å². The molecule has 0 aromatic carbocycles. The number of carbonyl (C=O) groups is 4. The summed E-state index contributed by atoms with van der Waals surface area (Å²) in [7, 11) is 6.23. The van der Waals surface area contributed by atoms with Gasteiger partial charge < -0.3 is 36.1 Å². The quantitative estimate of drug-likeness (QED) is 0.137. The van der Waals surface area contributed by atoms with Gasteiger partial charge >= 0.3 is 0 Å². The van der Waals surface area contributed by atoms with Crippen LogP contribution in [-0.2, 0) is 19.2 Å². The summed E-state index contributed by atoms with van der Waals surface area (Å²) in [5.74, 6) is -1.82. The predicted molar refractivity (Wildman–Crippen MR) is 110 cm³/mol. The molecule has 0 bridgehead atoms. The molecular weight excluding hydrogens is 378 g/mol. The minimum Gasteiger partial charge on any atom is -0.391 e. The Kier molecular flexibility index (Phi) is 11.6. The summed E-state index contributed by atoms with van der Waals surface area (Å²) >= 11 is 0. The van der Waals surface area contributed by atoms with E-state index in [2.05, 4.69) is 37.1 Å². The highest BCUT2D eigenvalue weighted by Gasteiger charge is 2.29. The van der Waals surface area contributed by atoms with E-state index in [1.165, 1.54) is 20.8 Å². The first kappa shape index (κ1) is 27.0. The molecule has 0 unspecified atom stereocenters. The standard InChI is InChI=1S/C19H37N5O5/c1-12(20)17(27)21-13(2)18(28)23-16(14(3)26)19(29)22-15(11-25)9-7-8-10-24(4,5)6/h11-16,26H,7-10,20H2,1-6H3,(H2-,21,22,23,27,28,29)/p+1/t12-,13-,14+,15-,16-/m0/s1. The lowest BCUT2D eigenvalue weighted by molar-refractivity contribution is -0.870. The van der Waals surface area contributed by atoms with Crippen molar-refractivity contribution in [1.82, 2.24) is 16.0 Å². The zero-order valence-corrected chi connectivity index (χ0v) is 18.4. The first-order valence-electron chi connectivity index (χ1n) is 9.89. The van der Waals surface area contributed by atoms with Crippen molar-refractivity contribution in [3.05, 3.63) is 0 Å². The second kappa shape index (κ2) is 12.5. The smallest absolute Gasteiger partial charge is 0.245 e. The highest BCUT2D eigenvalue weighted by molar-refractivity contribution is 5.93. The minimum atomic E-state index is -1.26. The summed E-state index contributed by atoms with van der Waals surface area (Å²) in [6, 6.07) is -3.69. The van der Waals surface area contributed by atoms with Gasteiger partial charge in [0.15, 0.2) is 0 Å². The SMILES string of the molecule is C[C@H](N)C(=O)N[C@@H](C)C(=O)N[C@H](C(=O)N[C@H](C=O)CCCC[N+](C)(C)C)[C@@H](C)O. The largest absolute Gasteiger partial charge is 0.391 e. The number of aliphatic hydroxyl groups excluding tert-OH is 1. The number of nitrogens with two attached hydrogens (primary N) is 1. The van der Waals surface area contributed by atoms with Crippen LogP contribution in [-0.4, -0.2) is 91.6 Å². The topological polar surface area (TPSA) is 151 Å². The van der Waals surface area contributed by atoms with Crippen molar-refractivity contribution < 1.29 is 28.8 Å². The lowest BCUT2D eigenvalue weighted by Crippen LogP contribution is -2.58. The van der Waals surface area contributed by atoms with E-state index in [0.717, 1.165) is 23.9 Å². The normalized spacial score (nSPS) is 16.7. The highest BCUT2D eigenvalue weighted by atomic mass is 16.3. The summed E-state index contributed by atoms with van der Waals surface area (Å²) in [5.41, 5.74) is 5.44. The number of carbonyl (C=O) groups excluding carboxylic acids is 4. The Morgan fingerprint density at radius 1 is 0.966 bits per heavy atom. The molecule has 10 heteroatoms. The number of nitrogens with zero attached hydrogens (tertiary/aromatic N) is 1. The summed E-state index contributed by atoms with van der Waals surface area (Å²) in [6.45, 7) is 5.21. The Morgan fingerprint density at radius 2 is 1.55 bits per heavy atom. The Bertz CT molecular complexity index is 560. The van der Waals surface area contributed by atoms with Crippen molar-refractivity contribution in [2.75, 3.05) is 27.7 Å². The van der Waals surface area contributed by atoms with Gasteiger partial charge in [-0.25, -0.2) is 0 Å². The number of rotatable bonds is 13. The first-order chi connectivity index (χ1) is 13.3. The van der Waals surface area contributed by atoms with Gasteiger partial charge in [-0.05, 0) is 40.0 Å². The van der Waals surface area contributed by atoms with E-state index >= 15 is 0 Å². The van der Waals surface area contributed by atoms with Crippen molar-refractivity contribution in [1.29, 1.82) is 0 Å². The zero-order chi connectivity index (χ0) is 22.8. The van der Waals surface area contributed by atoms with Crippen LogP contribution in [0.4, 0.5) is 0 Å². The molecule has 0 fully saturated rings.